The molecule has 0 fully saturated rings. The summed E-state index contributed by atoms with van der Waals surface area (Å²) in [5.74, 6) is 1.74. The Hall–Kier alpha value is -1.33. The second kappa shape index (κ2) is 7.45. The number of imidazole rings is 1. The highest BCUT2D eigenvalue weighted by Crippen LogP contribution is 2.24. The predicted octanol–water partition coefficient (Wildman–Crippen LogP) is 3.49. The maximum absolute atomic E-state index is 12.9. The molecule has 1 aromatic heterocycles. The molecule has 0 aliphatic heterocycles. The first-order valence-corrected chi connectivity index (χ1v) is 7.86. The van der Waals surface area contributed by atoms with Gasteiger partial charge in [0.15, 0.2) is 0 Å². The molecule has 1 atom stereocenters. The van der Waals surface area contributed by atoms with Crippen molar-refractivity contribution in [2.24, 2.45) is 0 Å². The van der Waals surface area contributed by atoms with Gasteiger partial charge in [-0.3, -0.25) is 0 Å². The average molecular weight is 293 g/mol. The third-order valence-electron chi connectivity index (χ3n) is 3.08. The zero-order valence-corrected chi connectivity index (χ0v) is 12.7. The third kappa shape index (κ3) is 3.84. The normalized spacial score (nSPS) is 12.6. The van der Waals surface area contributed by atoms with Crippen LogP contribution < -0.4 is 5.32 Å². The van der Waals surface area contributed by atoms with Crippen molar-refractivity contribution in [2.45, 2.75) is 31.3 Å². The Morgan fingerprint density at radius 2 is 2.05 bits per heavy atom. The number of nitrogens with zero attached hydrogens (tertiary/aromatic N) is 2. The molecule has 0 saturated heterocycles. The van der Waals surface area contributed by atoms with E-state index in [0.717, 1.165) is 29.6 Å². The topological polar surface area (TPSA) is 29.9 Å². The minimum absolute atomic E-state index is 0.195. The maximum Gasteiger partial charge on any atom is 0.126 e. The Balaban J connectivity index is 2.04. The van der Waals surface area contributed by atoms with Crippen LogP contribution in [0, 0.1) is 5.82 Å². The molecule has 0 aliphatic rings. The maximum atomic E-state index is 12.9. The first-order valence-electron chi connectivity index (χ1n) is 6.87. The molecule has 3 nitrogen and oxygen atoms in total. The summed E-state index contributed by atoms with van der Waals surface area (Å²) >= 11 is 1.71. The van der Waals surface area contributed by atoms with E-state index in [0.29, 0.717) is 0 Å². The Morgan fingerprint density at radius 3 is 2.70 bits per heavy atom. The second-order valence-corrected chi connectivity index (χ2v) is 5.54. The van der Waals surface area contributed by atoms with Crippen LogP contribution in [0.5, 0.6) is 0 Å². The first-order chi connectivity index (χ1) is 9.74. The molecule has 20 heavy (non-hydrogen) atoms. The number of nitrogens with one attached hydrogen (secondary N) is 1. The van der Waals surface area contributed by atoms with E-state index in [2.05, 4.69) is 28.7 Å². The molecule has 0 aliphatic carbocycles. The molecule has 0 radical (unpaired) electrons. The molecular formula is C15H20FN3S. The largest absolute Gasteiger partial charge is 0.334 e. The van der Waals surface area contributed by atoms with Gasteiger partial charge in [-0.25, -0.2) is 9.37 Å². The Bertz CT molecular complexity index is 524. The quantitative estimate of drug-likeness (QED) is 0.793. The van der Waals surface area contributed by atoms with Crippen LogP contribution in [0.15, 0.2) is 41.6 Å². The van der Waals surface area contributed by atoms with Crippen molar-refractivity contribution in [1.29, 1.82) is 0 Å². The summed E-state index contributed by atoms with van der Waals surface area (Å²) in [7, 11) is 0. The summed E-state index contributed by atoms with van der Waals surface area (Å²) in [5.41, 5.74) is 0. The van der Waals surface area contributed by atoms with E-state index in [-0.39, 0.29) is 11.9 Å². The van der Waals surface area contributed by atoms with Gasteiger partial charge in [-0.2, -0.15) is 0 Å². The van der Waals surface area contributed by atoms with Gasteiger partial charge in [0.2, 0.25) is 0 Å². The highest BCUT2D eigenvalue weighted by atomic mass is 32.2. The van der Waals surface area contributed by atoms with E-state index in [1.54, 1.807) is 11.8 Å². The lowest BCUT2D eigenvalue weighted by Crippen LogP contribution is -2.26. The number of halogens is 1. The minimum atomic E-state index is -0.195. The molecule has 1 N–H and O–H groups in total. The summed E-state index contributed by atoms with van der Waals surface area (Å²) < 4.78 is 15.0. The lowest BCUT2D eigenvalue weighted by Gasteiger charge is -2.18. The fourth-order valence-corrected chi connectivity index (χ4v) is 3.03. The predicted molar refractivity (Wildman–Crippen MR) is 81.4 cm³/mol. The van der Waals surface area contributed by atoms with Crippen LogP contribution in [0.1, 0.15) is 25.7 Å². The van der Waals surface area contributed by atoms with Gasteiger partial charge in [-0.15, -0.1) is 11.8 Å². The van der Waals surface area contributed by atoms with Gasteiger partial charge in [0.05, 0.1) is 6.04 Å². The zero-order valence-electron chi connectivity index (χ0n) is 11.8. The van der Waals surface area contributed by atoms with Gasteiger partial charge in [0.25, 0.3) is 0 Å². The molecule has 0 spiro atoms. The van der Waals surface area contributed by atoms with Crippen LogP contribution in [-0.4, -0.2) is 21.8 Å². The van der Waals surface area contributed by atoms with E-state index < -0.39 is 0 Å². The average Bonchev–Trinajstić information content (AvgIpc) is 2.93. The van der Waals surface area contributed by atoms with Gasteiger partial charge in [0.1, 0.15) is 11.6 Å². The van der Waals surface area contributed by atoms with Crippen LogP contribution in [0.3, 0.4) is 0 Å². The van der Waals surface area contributed by atoms with E-state index in [1.165, 1.54) is 12.1 Å². The standard InChI is InChI=1S/C15H20FN3S/c1-3-17-14(15-18-9-10-19(15)4-2)11-20-13-7-5-12(16)6-8-13/h5-10,14,17H,3-4,11H2,1-2H3. The number of hydrogen-bond donors (Lipinski definition) is 1. The smallest absolute Gasteiger partial charge is 0.126 e. The van der Waals surface area contributed by atoms with Crippen molar-refractivity contribution in [3.8, 4) is 0 Å². The molecule has 1 heterocycles. The summed E-state index contributed by atoms with van der Waals surface area (Å²) in [4.78, 5) is 5.53. The Morgan fingerprint density at radius 1 is 1.30 bits per heavy atom. The molecule has 0 bridgehead atoms. The fourth-order valence-electron chi connectivity index (χ4n) is 2.08. The molecule has 5 heteroatoms. The van der Waals surface area contributed by atoms with E-state index in [9.17, 15) is 4.39 Å². The van der Waals surface area contributed by atoms with Crippen molar-refractivity contribution >= 4 is 11.8 Å². The number of benzene rings is 1. The number of thioether (sulfide) groups is 1. The van der Waals surface area contributed by atoms with Crippen LogP contribution >= 0.6 is 11.8 Å². The molecule has 2 rings (SSSR count). The monoisotopic (exact) mass is 293 g/mol. The molecule has 108 valence electrons. The molecule has 2 aromatic rings. The molecule has 0 saturated carbocycles. The van der Waals surface area contributed by atoms with Gasteiger partial charge >= 0.3 is 0 Å². The van der Waals surface area contributed by atoms with Crippen molar-refractivity contribution in [3.05, 3.63) is 48.3 Å². The number of hydrogen-bond acceptors (Lipinski definition) is 3. The highest BCUT2D eigenvalue weighted by molar-refractivity contribution is 7.99. The third-order valence-corrected chi connectivity index (χ3v) is 4.19. The SMILES string of the molecule is CCNC(CSc1ccc(F)cc1)c1nccn1CC. The van der Waals surface area contributed by atoms with Crippen LogP contribution in [0.2, 0.25) is 0 Å². The van der Waals surface area contributed by atoms with Crippen molar-refractivity contribution in [2.75, 3.05) is 12.3 Å². The van der Waals surface area contributed by atoms with E-state index >= 15 is 0 Å². The summed E-state index contributed by atoms with van der Waals surface area (Å²) in [6, 6.07) is 6.82. The number of aromatic nitrogens is 2. The molecule has 0 amide bonds. The van der Waals surface area contributed by atoms with E-state index in [1.807, 2.05) is 24.5 Å². The van der Waals surface area contributed by atoms with E-state index in [4.69, 9.17) is 0 Å². The highest BCUT2D eigenvalue weighted by Gasteiger charge is 2.15. The van der Waals surface area contributed by atoms with Crippen molar-refractivity contribution in [3.63, 3.8) is 0 Å². The first kappa shape index (κ1) is 15.1. The number of rotatable bonds is 7. The molecule has 1 unspecified atom stereocenters. The van der Waals surface area contributed by atoms with Crippen molar-refractivity contribution < 1.29 is 4.39 Å². The van der Waals surface area contributed by atoms with Crippen LogP contribution in [0.25, 0.3) is 0 Å². The van der Waals surface area contributed by atoms with Crippen LogP contribution in [-0.2, 0) is 6.54 Å². The van der Waals surface area contributed by atoms with Crippen LogP contribution in [0.4, 0.5) is 4.39 Å². The lowest BCUT2D eigenvalue weighted by atomic mass is 10.3. The second-order valence-electron chi connectivity index (χ2n) is 4.45. The lowest BCUT2D eigenvalue weighted by molar-refractivity contribution is 0.539. The Labute approximate surface area is 123 Å². The van der Waals surface area contributed by atoms with Gasteiger partial charge < -0.3 is 9.88 Å². The molecular weight excluding hydrogens is 273 g/mol. The zero-order chi connectivity index (χ0) is 14.4. The van der Waals surface area contributed by atoms with Gasteiger partial charge in [-0.05, 0) is 37.7 Å². The fraction of sp³-hybridized carbons (Fsp3) is 0.400. The van der Waals surface area contributed by atoms with Gasteiger partial charge in [0, 0.05) is 29.6 Å². The summed E-state index contributed by atoms with van der Waals surface area (Å²) in [6.45, 7) is 6.01. The summed E-state index contributed by atoms with van der Waals surface area (Å²) in [6.07, 6.45) is 3.84. The van der Waals surface area contributed by atoms with Gasteiger partial charge in [-0.1, -0.05) is 6.92 Å². The summed E-state index contributed by atoms with van der Waals surface area (Å²) in [5, 5.41) is 3.46. The van der Waals surface area contributed by atoms with Crippen molar-refractivity contribution in [1.82, 2.24) is 14.9 Å². The Kier molecular flexibility index (Phi) is 5.61. The molecule has 1 aromatic carbocycles. The number of aryl methyl sites for hydroxylation is 1. The minimum Gasteiger partial charge on any atom is -0.334 e.